The molecule has 0 saturated heterocycles. The van der Waals surface area contributed by atoms with Crippen molar-refractivity contribution in [1.82, 2.24) is 5.32 Å². The number of nitrogens with one attached hydrogen (secondary N) is 1. The summed E-state index contributed by atoms with van der Waals surface area (Å²) in [4.78, 5) is 22.9. The molecule has 82 valence electrons. The minimum Gasteiger partial charge on any atom is -0.334 e. The van der Waals surface area contributed by atoms with Crippen LogP contribution in [0.3, 0.4) is 0 Å². The average molecular weight is 219 g/mol. The quantitative estimate of drug-likeness (QED) is 0.606. The largest absolute Gasteiger partial charge is 0.334 e. The summed E-state index contributed by atoms with van der Waals surface area (Å²) in [6.45, 7) is 0.476. The number of anilines is 1. The minimum atomic E-state index is -0.491. The molecule has 0 unspecified atom stereocenters. The van der Waals surface area contributed by atoms with E-state index in [0.29, 0.717) is 12.2 Å². The van der Waals surface area contributed by atoms with Gasteiger partial charge >= 0.3 is 6.03 Å². The molecule has 2 amide bonds. The minimum absolute atomic E-state index is 0.0377. The lowest BCUT2D eigenvalue weighted by atomic mass is 10.2. The van der Waals surface area contributed by atoms with Gasteiger partial charge < -0.3 is 5.32 Å². The number of hydrogen-bond donors (Lipinski definition) is 1. The molecule has 6 nitrogen and oxygen atoms in total. The predicted octanol–water partition coefficient (Wildman–Crippen LogP) is 1.64. The molecule has 1 aromatic carbocycles. The zero-order valence-electron chi connectivity index (χ0n) is 8.29. The summed E-state index contributed by atoms with van der Waals surface area (Å²) >= 11 is 0. The molecular formula is C10H9N3O3. The number of carbonyl (C=O) groups excluding carboxylic acids is 1. The fourth-order valence-electron chi connectivity index (χ4n) is 1.42. The van der Waals surface area contributed by atoms with Crippen molar-refractivity contribution in [2.45, 2.75) is 0 Å². The first-order valence-corrected chi connectivity index (χ1v) is 4.66. The van der Waals surface area contributed by atoms with Gasteiger partial charge in [-0.25, -0.2) is 4.79 Å². The van der Waals surface area contributed by atoms with Gasteiger partial charge in [-0.3, -0.25) is 15.0 Å². The van der Waals surface area contributed by atoms with Crippen molar-refractivity contribution in [3.8, 4) is 0 Å². The lowest BCUT2D eigenvalue weighted by Gasteiger charge is -2.21. The van der Waals surface area contributed by atoms with Crippen LogP contribution in [0.25, 0.3) is 0 Å². The topological polar surface area (TPSA) is 75.5 Å². The molecule has 6 heteroatoms. The SMILES string of the molecule is O=C1NCC=CN1c1cccc([N+](=O)[O-])c1. The number of non-ortho nitro benzene ring substituents is 1. The van der Waals surface area contributed by atoms with Gasteiger partial charge in [0.2, 0.25) is 0 Å². The zero-order valence-corrected chi connectivity index (χ0v) is 8.29. The van der Waals surface area contributed by atoms with Gasteiger partial charge in [0.25, 0.3) is 5.69 Å². The third-order valence-corrected chi connectivity index (χ3v) is 2.16. The van der Waals surface area contributed by atoms with E-state index in [-0.39, 0.29) is 11.7 Å². The van der Waals surface area contributed by atoms with Crippen molar-refractivity contribution in [2.24, 2.45) is 0 Å². The molecule has 0 fully saturated rings. The van der Waals surface area contributed by atoms with E-state index in [2.05, 4.69) is 5.32 Å². The van der Waals surface area contributed by atoms with Crippen LogP contribution in [0, 0.1) is 10.1 Å². The number of rotatable bonds is 2. The van der Waals surface area contributed by atoms with Gasteiger partial charge in [0.05, 0.1) is 10.6 Å². The zero-order chi connectivity index (χ0) is 11.5. The third-order valence-electron chi connectivity index (χ3n) is 2.16. The van der Waals surface area contributed by atoms with Gasteiger partial charge in [0, 0.05) is 24.9 Å². The van der Waals surface area contributed by atoms with Crippen LogP contribution in [0.15, 0.2) is 36.5 Å². The molecule has 0 saturated carbocycles. The van der Waals surface area contributed by atoms with Crippen LogP contribution in [0.4, 0.5) is 16.2 Å². The van der Waals surface area contributed by atoms with Crippen molar-refractivity contribution in [3.63, 3.8) is 0 Å². The summed E-state index contributed by atoms with van der Waals surface area (Å²) < 4.78 is 0. The van der Waals surface area contributed by atoms with Crippen molar-refractivity contribution >= 4 is 17.4 Å². The number of nitro benzene ring substituents is 1. The van der Waals surface area contributed by atoms with Crippen LogP contribution >= 0.6 is 0 Å². The fourth-order valence-corrected chi connectivity index (χ4v) is 1.42. The fraction of sp³-hybridized carbons (Fsp3) is 0.100. The van der Waals surface area contributed by atoms with Crippen LogP contribution in [0.2, 0.25) is 0 Å². The Labute approximate surface area is 91.3 Å². The number of nitro groups is 1. The highest BCUT2D eigenvalue weighted by Gasteiger charge is 2.17. The molecule has 2 rings (SSSR count). The molecule has 0 spiro atoms. The lowest BCUT2D eigenvalue weighted by Crippen LogP contribution is -2.39. The van der Waals surface area contributed by atoms with E-state index in [1.807, 2.05) is 0 Å². The van der Waals surface area contributed by atoms with Gasteiger partial charge in [-0.2, -0.15) is 0 Å². The molecule has 0 atom stereocenters. The van der Waals surface area contributed by atoms with E-state index < -0.39 is 4.92 Å². The van der Waals surface area contributed by atoms with Crippen LogP contribution in [-0.2, 0) is 0 Å². The second kappa shape index (κ2) is 4.01. The van der Waals surface area contributed by atoms with E-state index >= 15 is 0 Å². The Morgan fingerprint density at radius 2 is 2.25 bits per heavy atom. The lowest BCUT2D eigenvalue weighted by molar-refractivity contribution is -0.384. The van der Waals surface area contributed by atoms with Crippen LogP contribution in [0.1, 0.15) is 0 Å². The van der Waals surface area contributed by atoms with Crippen LogP contribution < -0.4 is 10.2 Å². The first-order valence-electron chi connectivity index (χ1n) is 4.66. The van der Waals surface area contributed by atoms with Crippen molar-refractivity contribution < 1.29 is 9.72 Å². The molecule has 0 radical (unpaired) electrons. The third kappa shape index (κ3) is 1.85. The highest BCUT2D eigenvalue weighted by atomic mass is 16.6. The summed E-state index contributed by atoms with van der Waals surface area (Å²) in [5.41, 5.74) is 0.437. The summed E-state index contributed by atoms with van der Waals surface area (Å²) in [5.74, 6) is 0. The van der Waals surface area contributed by atoms with Crippen molar-refractivity contribution in [1.29, 1.82) is 0 Å². The summed E-state index contributed by atoms with van der Waals surface area (Å²) in [6.07, 6.45) is 3.36. The van der Waals surface area contributed by atoms with Crippen LogP contribution in [-0.4, -0.2) is 17.5 Å². The summed E-state index contributed by atoms with van der Waals surface area (Å²) in [5, 5.41) is 13.2. The molecule has 1 aliphatic rings. The van der Waals surface area contributed by atoms with Gasteiger partial charge in [0.1, 0.15) is 0 Å². The highest BCUT2D eigenvalue weighted by Crippen LogP contribution is 2.22. The van der Waals surface area contributed by atoms with Gasteiger partial charge in [0.15, 0.2) is 0 Å². The Morgan fingerprint density at radius 1 is 1.44 bits per heavy atom. The number of hydrogen-bond acceptors (Lipinski definition) is 3. The van der Waals surface area contributed by atoms with Gasteiger partial charge in [-0.1, -0.05) is 6.07 Å². The molecule has 1 aliphatic heterocycles. The van der Waals surface area contributed by atoms with E-state index in [1.54, 1.807) is 24.4 Å². The number of urea groups is 1. The molecule has 0 aliphatic carbocycles. The number of carbonyl (C=O) groups is 1. The molecule has 16 heavy (non-hydrogen) atoms. The summed E-state index contributed by atoms with van der Waals surface area (Å²) in [6, 6.07) is 5.64. The predicted molar refractivity (Wildman–Crippen MR) is 58.1 cm³/mol. The molecule has 1 N–H and O–H groups in total. The smallest absolute Gasteiger partial charge is 0.326 e. The molecular weight excluding hydrogens is 210 g/mol. The normalized spacial score (nSPS) is 14.8. The highest BCUT2D eigenvalue weighted by molar-refractivity contribution is 5.95. The number of nitrogens with zero attached hydrogens (tertiary/aromatic N) is 2. The number of amides is 2. The maximum atomic E-state index is 11.5. The Hall–Kier alpha value is -2.37. The van der Waals surface area contributed by atoms with E-state index in [1.165, 1.54) is 17.0 Å². The van der Waals surface area contributed by atoms with E-state index in [0.717, 1.165) is 0 Å². The Bertz CT molecular complexity index is 470. The molecule has 1 aromatic rings. The molecule has 1 heterocycles. The maximum Gasteiger partial charge on any atom is 0.326 e. The van der Waals surface area contributed by atoms with Crippen LogP contribution in [0.5, 0.6) is 0 Å². The van der Waals surface area contributed by atoms with Gasteiger partial charge in [-0.05, 0) is 12.1 Å². The van der Waals surface area contributed by atoms with E-state index in [4.69, 9.17) is 0 Å². The molecule has 0 bridgehead atoms. The Morgan fingerprint density at radius 3 is 2.94 bits per heavy atom. The first-order chi connectivity index (χ1) is 7.68. The van der Waals surface area contributed by atoms with E-state index in [9.17, 15) is 14.9 Å². The van der Waals surface area contributed by atoms with Gasteiger partial charge in [-0.15, -0.1) is 0 Å². The average Bonchev–Trinajstić information content (AvgIpc) is 2.30. The standard InChI is InChI=1S/C10H9N3O3/c14-10-11-5-2-6-12(10)8-3-1-4-9(7-8)13(15)16/h1-4,6-7H,5H2,(H,11,14). The second-order valence-electron chi connectivity index (χ2n) is 3.22. The maximum absolute atomic E-state index is 11.5. The Kier molecular flexibility index (Phi) is 2.55. The molecule has 0 aromatic heterocycles. The first kappa shape index (κ1) is 10.2. The van der Waals surface area contributed by atoms with Crippen molar-refractivity contribution in [3.05, 3.63) is 46.7 Å². The number of benzene rings is 1. The second-order valence-corrected chi connectivity index (χ2v) is 3.22. The monoisotopic (exact) mass is 219 g/mol. The summed E-state index contributed by atoms with van der Waals surface area (Å²) in [7, 11) is 0. The Balaban J connectivity index is 2.36. The van der Waals surface area contributed by atoms with Crippen molar-refractivity contribution in [2.75, 3.05) is 11.4 Å².